The van der Waals surface area contributed by atoms with Crippen LogP contribution in [0.25, 0.3) is 0 Å². The van der Waals surface area contributed by atoms with E-state index >= 15 is 0 Å². The largest absolute Gasteiger partial charge is 0.375 e. The lowest BCUT2D eigenvalue weighted by Gasteiger charge is -2.30. The Balaban J connectivity index is 0.00000264. The summed E-state index contributed by atoms with van der Waals surface area (Å²) >= 11 is 1.84. The highest BCUT2D eigenvalue weighted by Gasteiger charge is 2.29. The third-order valence-corrected chi connectivity index (χ3v) is 4.73. The number of halogens is 1. The minimum atomic E-state index is -0.271. The molecule has 23 heavy (non-hydrogen) atoms. The standard InChI is InChI=1S/C17H26N2O2S.ClH/c1-11(2)22-15-7-5-14(6-8-15)12(3)19-17(20)16-13(4)21-10-9-18-16;/h5-8,11-13,16,18H,9-10H2,1-4H3,(H,19,20);1H/t12?,13-,16+;/m1./s1. The molecule has 0 saturated carbocycles. The monoisotopic (exact) mass is 358 g/mol. The van der Waals surface area contributed by atoms with E-state index in [1.807, 2.05) is 25.6 Å². The van der Waals surface area contributed by atoms with Gasteiger partial charge in [-0.05, 0) is 31.5 Å². The molecule has 1 aliphatic rings. The summed E-state index contributed by atoms with van der Waals surface area (Å²) in [6.45, 7) is 9.69. The maximum atomic E-state index is 12.3. The van der Waals surface area contributed by atoms with Crippen LogP contribution in [-0.4, -0.2) is 36.5 Å². The van der Waals surface area contributed by atoms with Crippen molar-refractivity contribution >= 4 is 30.1 Å². The summed E-state index contributed by atoms with van der Waals surface area (Å²) in [5.41, 5.74) is 1.12. The third-order valence-electron chi connectivity index (χ3n) is 3.71. The number of amides is 1. The predicted octanol–water partition coefficient (Wildman–Crippen LogP) is 3.16. The second kappa shape index (κ2) is 9.52. The van der Waals surface area contributed by atoms with Gasteiger partial charge in [0, 0.05) is 16.7 Å². The molecule has 1 saturated heterocycles. The number of benzene rings is 1. The number of morpholine rings is 1. The fourth-order valence-corrected chi connectivity index (χ4v) is 3.36. The van der Waals surface area contributed by atoms with Crippen LogP contribution in [0.2, 0.25) is 0 Å². The highest BCUT2D eigenvalue weighted by Crippen LogP contribution is 2.24. The van der Waals surface area contributed by atoms with E-state index < -0.39 is 0 Å². The molecule has 0 bridgehead atoms. The molecule has 1 unspecified atom stereocenters. The van der Waals surface area contributed by atoms with Gasteiger partial charge in [0.1, 0.15) is 6.04 Å². The molecule has 4 nitrogen and oxygen atoms in total. The quantitative estimate of drug-likeness (QED) is 0.794. The van der Waals surface area contributed by atoms with Gasteiger partial charge in [-0.3, -0.25) is 4.79 Å². The van der Waals surface area contributed by atoms with Crippen molar-refractivity contribution < 1.29 is 9.53 Å². The molecule has 6 heteroatoms. The van der Waals surface area contributed by atoms with Gasteiger partial charge in [0.05, 0.1) is 18.8 Å². The summed E-state index contributed by atoms with van der Waals surface area (Å²) in [7, 11) is 0. The molecule has 0 radical (unpaired) electrons. The Morgan fingerprint density at radius 3 is 2.52 bits per heavy atom. The number of rotatable bonds is 5. The van der Waals surface area contributed by atoms with Crippen LogP contribution in [0.4, 0.5) is 0 Å². The highest BCUT2D eigenvalue weighted by molar-refractivity contribution is 7.99. The van der Waals surface area contributed by atoms with Crippen LogP contribution in [0.15, 0.2) is 29.2 Å². The molecule has 130 valence electrons. The molecular weight excluding hydrogens is 332 g/mol. The maximum absolute atomic E-state index is 12.3. The molecule has 2 N–H and O–H groups in total. The number of ether oxygens (including phenoxy) is 1. The van der Waals surface area contributed by atoms with Crippen LogP contribution in [0, 0.1) is 0 Å². The SMILES string of the molecule is CC(C)Sc1ccc(C(C)NC(=O)[C@H]2NCCO[C@@H]2C)cc1.Cl. The van der Waals surface area contributed by atoms with Gasteiger partial charge in [0.2, 0.25) is 5.91 Å². The Morgan fingerprint density at radius 1 is 1.30 bits per heavy atom. The molecular formula is C17H27ClN2O2S. The summed E-state index contributed by atoms with van der Waals surface area (Å²) in [5.74, 6) is 0.000307. The number of carbonyl (C=O) groups excluding carboxylic acids is 1. The lowest BCUT2D eigenvalue weighted by Crippen LogP contribution is -2.55. The summed E-state index contributed by atoms with van der Waals surface area (Å²) < 4.78 is 5.53. The third kappa shape index (κ3) is 5.99. The van der Waals surface area contributed by atoms with Crippen molar-refractivity contribution in [1.82, 2.24) is 10.6 Å². The van der Waals surface area contributed by atoms with Crippen molar-refractivity contribution in [2.45, 2.75) is 56.0 Å². The normalized spacial score (nSPS) is 22.3. The first-order valence-corrected chi connectivity index (χ1v) is 8.77. The van der Waals surface area contributed by atoms with Gasteiger partial charge in [0.25, 0.3) is 0 Å². The Bertz CT molecular complexity index is 496. The average molecular weight is 359 g/mol. The molecule has 3 atom stereocenters. The van der Waals surface area contributed by atoms with Crippen molar-refractivity contribution in [2.75, 3.05) is 13.2 Å². The smallest absolute Gasteiger partial charge is 0.240 e. The fraction of sp³-hybridized carbons (Fsp3) is 0.588. The van der Waals surface area contributed by atoms with Gasteiger partial charge in [-0.15, -0.1) is 24.2 Å². The van der Waals surface area contributed by atoms with E-state index in [0.29, 0.717) is 11.9 Å². The lowest BCUT2D eigenvalue weighted by molar-refractivity contribution is -0.129. The second-order valence-corrected chi connectivity index (χ2v) is 7.62. The van der Waals surface area contributed by atoms with Crippen LogP contribution < -0.4 is 10.6 Å². The number of hydrogen-bond acceptors (Lipinski definition) is 4. The molecule has 0 aliphatic carbocycles. The Hall–Kier alpha value is -0.750. The van der Waals surface area contributed by atoms with Crippen molar-refractivity contribution in [3.63, 3.8) is 0 Å². The first kappa shape index (κ1) is 20.3. The summed E-state index contributed by atoms with van der Waals surface area (Å²) in [5, 5.41) is 6.86. The maximum Gasteiger partial charge on any atom is 0.240 e. The summed E-state index contributed by atoms with van der Waals surface area (Å²) in [4.78, 5) is 13.6. The number of thioether (sulfide) groups is 1. The molecule has 1 aromatic rings. The van der Waals surface area contributed by atoms with Crippen LogP contribution in [-0.2, 0) is 9.53 Å². The van der Waals surface area contributed by atoms with Crippen LogP contribution in [0.5, 0.6) is 0 Å². The van der Waals surface area contributed by atoms with Gasteiger partial charge >= 0.3 is 0 Å². The first-order valence-electron chi connectivity index (χ1n) is 7.89. The Morgan fingerprint density at radius 2 is 1.96 bits per heavy atom. The van der Waals surface area contributed by atoms with Crippen molar-refractivity contribution in [2.24, 2.45) is 0 Å². The minimum Gasteiger partial charge on any atom is -0.375 e. The van der Waals surface area contributed by atoms with E-state index in [4.69, 9.17) is 4.74 Å². The topological polar surface area (TPSA) is 50.4 Å². The molecule has 1 amide bonds. The number of hydrogen-bond donors (Lipinski definition) is 2. The minimum absolute atomic E-state index is 0. The Labute approximate surface area is 149 Å². The molecule has 1 fully saturated rings. The lowest BCUT2D eigenvalue weighted by atomic mass is 10.1. The molecule has 0 spiro atoms. The van der Waals surface area contributed by atoms with E-state index in [-0.39, 0.29) is 36.5 Å². The summed E-state index contributed by atoms with van der Waals surface area (Å²) in [6.07, 6.45) is -0.0919. The molecule has 0 aromatic heterocycles. The second-order valence-electron chi connectivity index (χ2n) is 5.97. The van der Waals surface area contributed by atoms with E-state index in [0.717, 1.165) is 12.1 Å². The molecule has 1 aliphatic heterocycles. The average Bonchev–Trinajstić information content (AvgIpc) is 2.47. The fourth-order valence-electron chi connectivity index (χ4n) is 2.52. The van der Waals surface area contributed by atoms with Gasteiger partial charge in [-0.25, -0.2) is 0 Å². The van der Waals surface area contributed by atoms with Crippen molar-refractivity contribution in [3.8, 4) is 0 Å². The van der Waals surface area contributed by atoms with Crippen LogP contribution in [0.3, 0.4) is 0 Å². The number of nitrogens with one attached hydrogen (secondary N) is 2. The van der Waals surface area contributed by atoms with E-state index in [2.05, 4.69) is 48.7 Å². The van der Waals surface area contributed by atoms with Gasteiger partial charge in [0.15, 0.2) is 0 Å². The van der Waals surface area contributed by atoms with Crippen LogP contribution in [0.1, 0.15) is 39.3 Å². The van der Waals surface area contributed by atoms with E-state index in [9.17, 15) is 4.79 Å². The number of carbonyl (C=O) groups is 1. The van der Waals surface area contributed by atoms with Crippen LogP contribution >= 0.6 is 24.2 Å². The predicted molar refractivity (Wildman–Crippen MR) is 98.4 cm³/mol. The highest BCUT2D eigenvalue weighted by atomic mass is 35.5. The molecule has 2 rings (SSSR count). The zero-order chi connectivity index (χ0) is 16.1. The van der Waals surface area contributed by atoms with Gasteiger partial charge in [-0.2, -0.15) is 0 Å². The van der Waals surface area contributed by atoms with Crippen molar-refractivity contribution in [1.29, 1.82) is 0 Å². The summed E-state index contributed by atoms with van der Waals surface area (Å²) in [6, 6.07) is 8.13. The van der Waals surface area contributed by atoms with E-state index in [1.165, 1.54) is 4.90 Å². The van der Waals surface area contributed by atoms with Crippen molar-refractivity contribution in [3.05, 3.63) is 29.8 Å². The van der Waals surface area contributed by atoms with Gasteiger partial charge in [-0.1, -0.05) is 26.0 Å². The molecule has 1 aromatic carbocycles. The first-order chi connectivity index (χ1) is 10.5. The van der Waals surface area contributed by atoms with Gasteiger partial charge < -0.3 is 15.4 Å². The molecule has 1 heterocycles. The zero-order valence-electron chi connectivity index (χ0n) is 14.2. The van der Waals surface area contributed by atoms with E-state index in [1.54, 1.807) is 0 Å². The Kier molecular flexibility index (Phi) is 8.40. The zero-order valence-corrected chi connectivity index (χ0v) is 15.8.